The van der Waals surface area contributed by atoms with Gasteiger partial charge in [-0.25, -0.2) is 4.68 Å². The van der Waals surface area contributed by atoms with Gasteiger partial charge in [-0.1, -0.05) is 30.4 Å². The molecule has 2 rings (SSSR count). The Morgan fingerprint density at radius 1 is 1.27 bits per heavy atom. The molecule has 1 aromatic heterocycles. The number of benzene rings is 1. The van der Waals surface area contributed by atoms with Crippen LogP contribution in [-0.4, -0.2) is 15.3 Å². The summed E-state index contributed by atoms with van der Waals surface area (Å²) in [6.45, 7) is 0. The van der Waals surface area contributed by atoms with Crippen molar-refractivity contribution in [3.8, 4) is 5.69 Å². The van der Waals surface area contributed by atoms with E-state index in [-0.39, 0.29) is 56.9 Å². The van der Waals surface area contributed by atoms with Gasteiger partial charge >= 0.3 is 51.4 Å². The Bertz CT molecular complexity index is 468. The Labute approximate surface area is 145 Å². The Morgan fingerprint density at radius 2 is 1.87 bits per heavy atom. The molecule has 0 amide bonds. The Hall–Kier alpha value is 0.816. The number of para-hydroxylation sites is 1. The van der Waals surface area contributed by atoms with Crippen LogP contribution in [0.2, 0.25) is 0 Å². The van der Waals surface area contributed by atoms with Crippen molar-refractivity contribution in [3.63, 3.8) is 0 Å². The third-order valence-corrected chi connectivity index (χ3v) is 2.89. The maximum Gasteiger partial charge on any atom is 1.00 e. The normalized spacial score (nSPS) is 8.80. The van der Waals surface area contributed by atoms with Gasteiger partial charge in [0.1, 0.15) is 0 Å². The van der Waals surface area contributed by atoms with E-state index in [0.29, 0.717) is 8.29 Å². The van der Waals surface area contributed by atoms with Gasteiger partial charge in [-0.15, -0.1) is 0 Å². The fourth-order valence-electron chi connectivity index (χ4n) is 0.993. The summed E-state index contributed by atoms with van der Waals surface area (Å²) in [4.78, 5) is 0. The summed E-state index contributed by atoms with van der Waals surface area (Å²) in [5, 5.41) is 4.13. The van der Waals surface area contributed by atoms with Crippen molar-refractivity contribution in [1.29, 1.82) is 0 Å². The number of hydrogen-bond donors (Lipinski definition) is 0. The van der Waals surface area contributed by atoms with Crippen molar-refractivity contribution < 1.29 is 56.9 Å². The van der Waals surface area contributed by atoms with Gasteiger partial charge < -0.3 is 29.4 Å². The molecule has 0 spiro atoms. The smallest absolute Gasteiger partial charge is 0.412 e. The van der Waals surface area contributed by atoms with E-state index >= 15 is 0 Å². The summed E-state index contributed by atoms with van der Waals surface area (Å²) in [6, 6.07) is 9.74. The van der Waals surface area contributed by atoms with E-state index in [1.165, 1.54) is 11.3 Å². The number of nitrogens with zero attached hydrogens (tertiary/aromatic N) is 2. The zero-order valence-electron chi connectivity index (χ0n) is 8.01. The molecule has 0 saturated heterocycles. The summed E-state index contributed by atoms with van der Waals surface area (Å²) in [7, 11) is 0. The van der Waals surface area contributed by atoms with Crippen LogP contribution in [-0.2, 0) is 12.6 Å². The van der Waals surface area contributed by atoms with E-state index in [1.807, 2.05) is 30.3 Å². The first kappa shape index (κ1) is 15.8. The molecule has 3 nitrogen and oxygen atoms in total. The van der Waals surface area contributed by atoms with Gasteiger partial charge in [0.05, 0.1) is 9.64 Å². The van der Waals surface area contributed by atoms with Crippen LogP contribution in [0, 0.1) is 3.95 Å². The molecule has 2 N–H and O–H groups in total. The predicted octanol–water partition coefficient (Wildman–Crippen LogP) is -1.25. The molecule has 0 unspecified atom stereocenters. The van der Waals surface area contributed by atoms with Gasteiger partial charge in [0.25, 0.3) is 0 Å². The zero-order chi connectivity index (χ0) is 9.26. The molecule has 0 atom stereocenters. The van der Waals surface area contributed by atoms with Crippen LogP contribution in [0.1, 0.15) is 0 Å². The Balaban J connectivity index is 0.000000980. The minimum atomic E-state index is 0. The van der Waals surface area contributed by atoms with Gasteiger partial charge in [0.2, 0.25) is 0 Å². The number of hydrogen-bond acceptors (Lipinski definition) is 4. The van der Waals surface area contributed by atoms with Crippen LogP contribution in [0.25, 0.3) is 5.69 Å². The van der Waals surface area contributed by atoms with E-state index < -0.39 is 0 Å². The van der Waals surface area contributed by atoms with Crippen molar-refractivity contribution in [2.24, 2.45) is 0 Å². The van der Waals surface area contributed by atoms with Crippen LogP contribution in [0.5, 0.6) is 0 Å². The number of aromatic nitrogens is 2. The molecule has 0 aliphatic rings. The van der Waals surface area contributed by atoms with E-state index in [1.54, 1.807) is 4.68 Å². The summed E-state index contributed by atoms with van der Waals surface area (Å²) < 4.78 is 2.95. The van der Waals surface area contributed by atoms with E-state index in [9.17, 15) is 0 Å². The van der Waals surface area contributed by atoms with Crippen LogP contribution in [0.15, 0.2) is 34.7 Å². The average Bonchev–Trinajstić information content (AvgIpc) is 2.47. The van der Waals surface area contributed by atoms with Gasteiger partial charge in [0.15, 0.2) is 0 Å². The van der Waals surface area contributed by atoms with Gasteiger partial charge in [-0.05, 0) is 16.5 Å². The molecule has 0 fully saturated rings. The molecule has 1 aromatic carbocycles. The Morgan fingerprint density at radius 3 is 2.33 bits per heavy atom. The predicted molar refractivity (Wildman–Crippen MR) is 61.5 cm³/mol. The van der Waals surface area contributed by atoms with Crippen molar-refractivity contribution >= 4 is 36.2 Å². The molecule has 15 heavy (non-hydrogen) atoms. The van der Waals surface area contributed by atoms with E-state index in [2.05, 4.69) is 5.10 Å². The van der Waals surface area contributed by atoms with Crippen molar-refractivity contribution in [3.05, 3.63) is 34.3 Å². The topological polar surface area (TPSA) is 49.3 Å². The molecule has 0 aliphatic carbocycles. The first-order valence-corrected chi connectivity index (χ1v) is 5.23. The molecular weight excluding hydrogens is 275 g/mol. The molecule has 0 bridgehead atoms. The molecule has 0 aliphatic heterocycles. The van der Waals surface area contributed by atoms with E-state index in [4.69, 9.17) is 24.8 Å². The third kappa shape index (κ3) is 3.95. The molecular formula is C8H7KN2OS3. The SMILES string of the molecule is O.S=c1sc([S-])nn1-c1ccccc1.[K+]. The number of rotatable bonds is 1. The maximum atomic E-state index is 5.11. The van der Waals surface area contributed by atoms with Crippen molar-refractivity contribution in [2.75, 3.05) is 0 Å². The molecule has 0 radical (unpaired) electrons. The maximum absolute atomic E-state index is 5.11. The average molecular weight is 282 g/mol. The van der Waals surface area contributed by atoms with Crippen LogP contribution in [0.3, 0.4) is 0 Å². The fraction of sp³-hybridized carbons (Fsp3) is 0. The van der Waals surface area contributed by atoms with Crippen LogP contribution >= 0.6 is 23.6 Å². The van der Waals surface area contributed by atoms with Crippen LogP contribution < -0.4 is 51.4 Å². The molecule has 7 heteroatoms. The fourth-order valence-corrected chi connectivity index (χ4v) is 2.36. The second-order valence-corrected chi connectivity index (χ2v) is 4.65. The minimum absolute atomic E-state index is 0. The summed E-state index contributed by atoms with van der Waals surface area (Å²) in [5.74, 6) is 0. The monoisotopic (exact) mass is 282 g/mol. The minimum Gasteiger partial charge on any atom is -0.412 e. The summed E-state index contributed by atoms with van der Waals surface area (Å²) in [5.41, 5.74) is 0.958. The third-order valence-electron chi connectivity index (χ3n) is 1.53. The Kier molecular flexibility index (Phi) is 7.59. The van der Waals surface area contributed by atoms with Gasteiger partial charge in [0, 0.05) is 0 Å². The van der Waals surface area contributed by atoms with Crippen molar-refractivity contribution in [2.45, 2.75) is 4.34 Å². The van der Waals surface area contributed by atoms with Crippen LogP contribution in [0.4, 0.5) is 0 Å². The first-order chi connectivity index (χ1) is 6.27. The quantitative estimate of drug-likeness (QED) is 0.373. The summed E-state index contributed by atoms with van der Waals surface area (Å²) in [6.07, 6.45) is 0. The first-order valence-electron chi connectivity index (χ1n) is 3.60. The molecule has 2 aromatic rings. The van der Waals surface area contributed by atoms with Gasteiger partial charge in [-0.3, -0.25) is 0 Å². The molecule has 0 saturated carbocycles. The van der Waals surface area contributed by atoms with Crippen molar-refractivity contribution in [1.82, 2.24) is 9.78 Å². The molecule has 1 heterocycles. The summed E-state index contributed by atoms with van der Waals surface area (Å²) >= 11 is 11.4. The second kappa shape index (κ2) is 7.20. The second-order valence-electron chi connectivity index (χ2n) is 2.38. The van der Waals surface area contributed by atoms with E-state index in [0.717, 1.165) is 5.69 Å². The standard InChI is InChI=1S/C8H6N2S3.K.H2O/c11-7-9-10(8(12)13-7)6-4-2-1-3-5-6;;/h1-5H,(H,9,11);;1H2/q;+1;/p-1. The molecule has 74 valence electrons. The van der Waals surface area contributed by atoms with Gasteiger partial charge in [-0.2, -0.15) is 5.10 Å². The zero-order valence-corrected chi connectivity index (χ0v) is 13.6. The largest absolute Gasteiger partial charge is 1.00 e.